The lowest BCUT2D eigenvalue weighted by Crippen LogP contribution is -2.31. The molecule has 0 spiro atoms. The molecule has 0 aliphatic rings. The predicted molar refractivity (Wildman–Crippen MR) is 118 cm³/mol. The van der Waals surface area contributed by atoms with Gasteiger partial charge in [-0.05, 0) is 41.8 Å². The van der Waals surface area contributed by atoms with Gasteiger partial charge in [0, 0.05) is 25.5 Å². The van der Waals surface area contributed by atoms with E-state index in [2.05, 4.69) is 34.3 Å². The molecule has 1 amide bonds. The van der Waals surface area contributed by atoms with Crippen LogP contribution in [-0.4, -0.2) is 25.6 Å². The molecule has 2 aromatic carbocycles. The zero-order valence-electron chi connectivity index (χ0n) is 17.2. The fourth-order valence-corrected chi connectivity index (χ4v) is 3.48. The lowest BCUT2D eigenvalue weighted by atomic mass is 9.99. The maximum Gasteiger partial charge on any atom is 0.275 e. The SMILES string of the molecule is Cc1cc(C(=O)N(Cc2ccccn2)Cc2ccccc2-c2ccccc2)nn1C. The molecule has 2 heterocycles. The van der Waals surface area contributed by atoms with Crippen molar-refractivity contribution >= 4 is 5.91 Å². The number of aryl methyl sites for hydroxylation is 2. The van der Waals surface area contributed by atoms with Crippen LogP contribution in [0.25, 0.3) is 11.1 Å². The highest BCUT2D eigenvalue weighted by Crippen LogP contribution is 2.25. The van der Waals surface area contributed by atoms with Crippen LogP contribution in [0.2, 0.25) is 0 Å². The molecule has 0 bridgehead atoms. The number of hydrogen-bond acceptors (Lipinski definition) is 3. The van der Waals surface area contributed by atoms with Crippen molar-refractivity contribution in [1.82, 2.24) is 19.7 Å². The summed E-state index contributed by atoms with van der Waals surface area (Å²) in [6, 6.07) is 26.0. The molecule has 0 aliphatic heterocycles. The molecule has 2 aromatic heterocycles. The Morgan fingerprint density at radius 3 is 2.37 bits per heavy atom. The molecule has 0 saturated heterocycles. The smallest absolute Gasteiger partial charge is 0.275 e. The van der Waals surface area contributed by atoms with Crippen LogP contribution < -0.4 is 0 Å². The molecule has 4 aromatic rings. The molecule has 0 fully saturated rings. The minimum absolute atomic E-state index is 0.104. The standard InChI is InChI=1S/C25H24N4O/c1-19-16-24(27-28(19)2)25(30)29(18-22-13-8-9-15-26-22)17-21-12-6-7-14-23(21)20-10-4-3-5-11-20/h3-16H,17-18H2,1-2H3. The Morgan fingerprint density at radius 2 is 1.67 bits per heavy atom. The molecule has 30 heavy (non-hydrogen) atoms. The number of rotatable bonds is 6. The fourth-order valence-electron chi connectivity index (χ4n) is 3.48. The second-order valence-corrected chi connectivity index (χ2v) is 7.30. The summed E-state index contributed by atoms with van der Waals surface area (Å²) >= 11 is 0. The molecule has 4 rings (SSSR count). The quantitative estimate of drug-likeness (QED) is 0.477. The van der Waals surface area contributed by atoms with Gasteiger partial charge in [0.1, 0.15) is 0 Å². The molecule has 150 valence electrons. The third-order valence-corrected chi connectivity index (χ3v) is 5.16. The van der Waals surface area contributed by atoms with Crippen molar-refractivity contribution in [2.45, 2.75) is 20.0 Å². The van der Waals surface area contributed by atoms with Crippen LogP contribution in [0.1, 0.15) is 27.4 Å². The molecular formula is C25H24N4O. The van der Waals surface area contributed by atoms with Crippen molar-refractivity contribution in [3.63, 3.8) is 0 Å². The Hall–Kier alpha value is -3.73. The Labute approximate surface area is 176 Å². The van der Waals surface area contributed by atoms with Crippen molar-refractivity contribution in [3.05, 3.63) is 108 Å². The van der Waals surface area contributed by atoms with E-state index in [-0.39, 0.29) is 5.91 Å². The van der Waals surface area contributed by atoms with Gasteiger partial charge >= 0.3 is 0 Å². The molecule has 5 nitrogen and oxygen atoms in total. The van der Waals surface area contributed by atoms with Crippen molar-refractivity contribution in [2.24, 2.45) is 7.05 Å². The van der Waals surface area contributed by atoms with E-state index in [4.69, 9.17) is 0 Å². The average Bonchev–Trinajstić information content (AvgIpc) is 3.13. The van der Waals surface area contributed by atoms with E-state index in [9.17, 15) is 4.79 Å². The molecule has 0 N–H and O–H groups in total. The summed E-state index contributed by atoms with van der Waals surface area (Å²) in [5.41, 5.74) is 5.57. The van der Waals surface area contributed by atoms with Gasteiger partial charge in [-0.15, -0.1) is 0 Å². The first-order valence-corrected chi connectivity index (χ1v) is 9.95. The first-order chi connectivity index (χ1) is 14.6. The second kappa shape index (κ2) is 8.74. The van der Waals surface area contributed by atoms with Gasteiger partial charge in [0.15, 0.2) is 5.69 Å². The summed E-state index contributed by atoms with van der Waals surface area (Å²) in [6.07, 6.45) is 1.75. The first-order valence-electron chi connectivity index (χ1n) is 9.95. The van der Waals surface area contributed by atoms with Crippen molar-refractivity contribution < 1.29 is 4.79 Å². The number of pyridine rings is 1. The number of amides is 1. The van der Waals surface area contributed by atoms with Gasteiger partial charge in [-0.3, -0.25) is 14.5 Å². The van der Waals surface area contributed by atoms with Gasteiger partial charge in [-0.2, -0.15) is 5.10 Å². The van der Waals surface area contributed by atoms with E-state index in [0.717, 1.165) is 28.1 Å². The normalized spacial score (nSPS) is 10.7. The maximum absolute atomic E-state index is 13.4. The van der Waals surface area contributed by atoms with Crippen LogP contribution in [0, 0.1) is 6.92 Å². The Balaban J connectivity index is 1.69. The number of hydrogen-bond donors (Lipinski definition) is 0. The largest absolute Gasteiger partial charge is 0.327 e. The maximum atomic E-state index is 13.4. The third kappa shape index (κ3) is 4.30. The van der Waals surface area contributed by atoms with Gasteiger partial charge in [0.25, 0.3) is 5.91 Å². The molecule has 5 heteroatoms. The van der Waals surface area contributed by atoms with Crippen LogP contribution >= 0.6 is 0 Å². The first kappa shape index (κ1) is 19.6. The number of nitrogens with zero attached hydrogens (tertiary/aromatic N) is 4. The molecule has 0 radical (unpaired) electrons. The van der Waals surface area contributed by atoms with E-state index in [1.165, 1.54) is 0 Å². The monoisotopic (exact) mass is 396 g/mol. The number of aromatic nitrogens is 3. The molecule has 0 aliphatic carbocycles. The van der Waals surface area contributed by atoms with Crippen molar-refractivity contribution in [2.75, 3.05) is 0 Å². The van der Waals surface area contributed by atoms with Gasteiger partial charge in [0.2, 0.25) is 0 Å². The summed E-state index contributed by atoms with van der Waals surface area (Å²) < 4.78 is 1.73. The zero-order valence-corrected chi connectivity index (χ0v) is 17.2. The van der Waals surface area contributed by atoms with Crippen LogP contribution in [0.15, 0.2) is 85.1 Å². The fraction of sp³-hybridized carbons (Fsp3) is 0.160. The Bertz CT molecular complexity index is 1120. The summed E-state index contributed by atoms with van der Waals surface area (Å²) in [5, 5.41) is 4.40. The summed E-state index contributed by atoms with van der Waals surface area (Å²) in [6.45, 7) is 2.83. The predicted octanol–water partition coefficient (Wildman–Crippen LogP) is 4.63. The van der Waals surface area contributed by atoms with Gasteiger partial charge in [0.05, 0.1) is 12.2 Å². The van der Waals surface area contributed by atoms with Crippen LogP contribution in [0.4, 0.5) is 0 Å². The van der Waals surface area contributed by atoms with E-state index >= 15 is 0 Å². The number of carbonyl (C=O) groups is 1. The molecule has 0 atom stereocenters. The highest BCUT2D eigenvalue weighted by Gasteiger charge is 2.21. The number of carbonyl (C=O) groups excluding carboxylic acids is 1. The lowest BCUT2D eigenvalue weighted by molar-refractivity contribution is 0.0721. The highest BCUT2D eigenvalue weighted by molar-refractivity contribution is 5.92. The molecule has 0 unspecified atom stereocenters. The Kier molecular flexibility index (Phi) is 5.70. The van der Waals surface area contributed by atoms with Gasteiger partial charge in [-0.1, -0.05) is 60.7 Å². The molecule has 0 saturated carbocycles. The topological polar surface area (TPSA) is 51.0 Å². The summed E-state index contributed by atoms with van der Waals surface area (Å²) in [4.78, 5) is 19.6. The van der Waals surface area contributed by atoms with Crippen molar-refractivity contribution in [1.29, 1.82) is 0 Å². The average molecular weight is 396 g/mol. The summed E-state index contributed by atoms with van der Waals surface area (Å²) in [5.74, 6) is -0.104. The van der Waals surface area contributed by atoms with Crippen LogP contribution in [-0.2, 0) is 20.1 Å². The van der Waals surface area contributed by atoms with Crippen molar-refractivity contribution in [3.8, 4) is 11.1 Å². The van der Waals surface area contributed by atoms with Crippen LogP contribution in [0.3, 0.4) is 0 Å². The minimum atomic E-state index is -0.104. The van der Waals surface area contributed by atoms with Crippen LogP contribution in [0.5, 0.6) is 0 Å². The van der Waals surface area contributed by atoms with E-state index < -0.39 is 0 Å². The lowest BCUT2D eigenvalue weighted by Gasteiger charge is -2.23. The van der Waals surface area contributed by atoms with E-state index in [1.54, 1.807) is 10.9 Å². The zero-order chi connectivity index (χ0) is 20.9. The minimum Gasteiger partial charge on any atom is -0.327 e. The molecular weight excluding hydrogens is 372 g/mol. The summed E-state index contributed by atoms with van der Waals surface area (Å²) in [7, 11) is 1.85. The van der Waals surface area contributed by atoms with E-state index in [1.807, 2.05) is 73.5 Å². The Morgan fingerprint density at radius 1 is 0.933 bits per heavy atom. The van der Waals surface area contributed by atoms with Gasteiger partial charge < -0.3 is 4.90 Å². The van der Waals surface area contributed by atoms with Gasteiger partial charge in [-0.25, -0.2) is 0 Å². The van der Waals surface area contributed by atoms with E-state index in [0.29, 0.717) is 18.8 Å². The third-order valence-electron chi connectivity index (χ3n) is 5.16. The second-order valence-electron chi connectivity index (χ2n) is 7.30. The number of benzene rings is 2. The highest BCUT2D eigenvalue weighted by atomic mass is 16.2.